The fourth-order valence-electron chi connectivity index (χ4n) is 2.25. The van der Waals surface area contributed by atoms with E-state index in [2.05, 4.69) is 40.4 Å². The first-order valence-corrected chi connectivity index (χ1v) is 8.07. The predicted molar refractivity (Wildman–Crippen MR) is 83.0 cm³/mol. The highest BCUT2D eigenvalue weighted by atomic mass is 32.1. The van der Waals surface area contributed by atoms with Gasteiger partial charge < -0.3 is 5.32 Å². The van der Waals surface area contributed by atoms with Crippen LogP contribution in [0.15, 0.2) is 17.6 Å². The molecule has 0 fully saturated rings. The maximum Gasteiger partial charge on any atom is 0.0943 e. The van der Waals surface area contributed by atoms with E-state index in [1.54, 1.807) is 11.3 Å². The lowest BCUT2D eigenvalue weighted by atomic mass is 10.0. The summed E-state index contributed by atoms with van der Waals surface area (Å²) >= 11 is 1.71. The number of aromatic nitrogens is 3. The van der Waals surface area contributed by atoms with Crippen molar-refractivity contribution in [3.8, 4) is 0 Å². The summed E-state index contributed by atoms with van der Waals surface area (Å²) in [5.41, 5.74) is 3.32. The number of hydrogen-bond acceptors (Lipinski definition) is 5. The van der Waals surface area contributed by atoms with Gasteiger partial charge in [0.1, 0.15) is 0 Å². The molecule has 0 bridgehead atoms. The molecule has 2 heterocycles. The number of thiazole rings is 1. The summed E-state index contributed by atoms with van der Waals surface area (Å²) in [6.07, 6.45) is 4.81. The lowest BCUT2D eigenvalue weighted by molar-refractivity contribution is 0.520. The summed E-state index contributed by atoms with van der Waals surface area (Å²) in [4.78, 5) is 4.41. The molecule has 1 N–H and O–H groups in total. The third-order valence-electron chi connectivity index (χ3n) is 3.24. The Balaban J connectivity index is 2.27. The lowest BCUT2D eigenvalue weighted by Gasteiger charge is -2.20. The Labute approximate surface area is 124 Å². The molecule has 4 nitrogen and oxygen atoms in total. The summed E-state index contributed by atoms with van der Waals surface area (Å²) in [5, 5.41) is 15.3. The molecule has 2 aromatic rings. The number of nitrogens with one attached hydrogen (secondary N) is 1. The predicted octanol–water partition coefficient (Wildman–Crippen LogP) is 3.09. The molecule has 5 heteroatoms. The molecule has 0 radical (unpaired) electrons. The summed E-state index contributed by atoms with van der Waals surface area (Å²) in [5.74, 6) is 0. The Hall–Kier alpha value is -1.33. The van der Waals surface area contributed by atoms with Crippen molar-refractivity contribution in [1.82, 2.24) is 20.5 Å². The molecule has 0 amide bonds. The molecule has 0 spiro atoms. The first-order chi connectivity index (χ1) is 9.74. The molecule has 0 aromatic carbocycles. The van der Waals surface area contributed by atoms with Crippen LogP contribution < -0.4 is 5.32 Å². The van der Waals surface area contributed by atoms with E-state index in [-0.39, 0.29) is 6.04 Å². The van der Waals surface area contributed by atoms with Crippen LogP contribution in [0.5, 0.6) is 0 Å². The lowest BCUT2D eigenvalue weighted by Crippen LogP contribution is -2.26. The minimum Gasteiger partial charge on any atom is -0.310 e. The van der Waals surface area contributed by atoms with Gasteiger partial charge in [0, 0.05) is 24.0 Å². The second-order valence-electron chi connectivity index (χ2n) is 4.88. The zero-order valence-corrected chi connectivity index (χ0v) is 13.2. The number of aryl methyl sites for hydroxylation is 2. The second kappa shape index (κ2) is 7.45. The normalized spacial score (nSPS) is 12.6. The van der Waals surface area contributed by atoms with E-state index < -0.39 is 0 Å². The van der Waals surface area contributed by atoms with Crippen molar-refractivity contribution < 1.29 is 0 Å². The third kappa shape index (κ3) is 3.84. The summed E-state index contributed by atoms with van der Waals surface area (Å²) in [6.45, 7) is 7.31. The van der Waals surface area contributed by atoms with E-state index in [1.165, 1.54) is 5.56 Å². The molecule has 0 saturated heterocycles. The van der Waals surface area contributed by atoms with Gasteiger partial charge in [-0.3, -0.25) is 0 Å². The van der Waals surface area contributed by atoms with Gasteiger partial charge in [-0.05, 0) is 37.9 Å². The smallest absolute Gasteiger partial charge is 0.0943 e. The second-order valence-corrected chi connectivity index (χ2v) is 5.86. The minimum absolute atomic E-state index is 0.269. The zero-order chi connectivity index (χ0) is 14.4. The van der Waals surface area contributed by atoms with Crippen LogP contribution in [0.25, 0.3) is 0 Å². The topological polar surface area (TPSA) is 50.7 Å². The van der Waals surface area contributed by atoms with Crippen molar-refractivity contribution in [2.75, 3.05) is 6.54 Å². The van der Waals surface area contributed by atoms with Gasteiger partial charge in [0.15, 0.2) is 0 Å². The van der Waals surface area contributed by atoms with Crippen molar-refractivity contribution in [2.24, 2.45) is 0 Å². The highest BCUT2D eigenvalue weighted by molar-refractivity contribution is 7.09. The molecule has 0 aliphatic carbocycles. The highest BCUT2D eigenvalue weighted by Crippen LogP contribution is 2.23. The maximum atomic E-state index is 4.41. The molecule has 108 valence electrons. The summed E-state index contributed by atoms with van der Waals surface area (Å²) < 4.78 is 0. The van der Waals surface area contributed by atoms with Crippen molar-refractivity contribution >= 4 is 11.3 Å². The molecule has 20 heavy (non-hydrogen) atoms. The molecule has 2 rings (SSSR count). The average Bonchev–Trinajstić information content (AvgIpc) is 2.96. The van der Waals surface area contributed by atoms with Crippen LogP contribution in [-0.4, -0.2) is 21.7 Å². The van der Waals surface area contributed by atoms with Crippen LogP contribution in [-0.2, 0) is 12.8 Å². The summed E-state index contributed by atoms with van der Waals surface area (Å²) in [7, 11) is 0. The molecule has 0 saturated carbocycles. The Kier molecular flexibility index (Phi) is 5.61. The standard InChI is InChI=1S/C15H22N4S/c1-4-6-16-14(10-15-17-7-8-20-15)12-9-11(3)18-19-13(12)5-2/h7-9,14,16H,4-6,10H2,1-3H3. The molecule has 0 aliphatic rings. The van der Waals surface area contributed by atoms with Gasteiger partial charge in [-0.25, -0.2) is 4.98 Å². The van der Waals surface area contributed by atoms with Gasteiger partial charge in [0.05, 0.1) is 16.4 Å². The van der Waals surface area contributed by atoms with Gasteiger partial charge in [-0.1, -0.05) is 13.8 Å². The van der Waals surface area contributed by atoms with Gasteiger partial charge in [0.25, 0.3) is 0 Å². The first-order valence-electron chi connectivity index (χ1n) is 7.19. The fourth-order valence-corrected chi connectivity index (χ4v) is 2.91. The van der Waals surface area contributed by atoms with E-state index in [9.17, 15) is 0 Å². The van der Waals surface area contributed by atoms with Crippen molar-refractivity contribution in [3.63, 3.8) is 0 Å². The molecule has 2 aromatic heterocycles. The van der Waals surface area contributed by atoms with E-state index in [1.807, 2.05) is 18.5 Å². The summed E-state index contributed by atoms with van der Waals surface area (Å²) in [6, 6.07) is 2.43. The van der Waals surface area contributed by atoms with Crippen molar-refractivity contribution in [3.05, 3.63) is 39.6 Å². The number of hydrogen-bond donors (Lipinski definition) is 1. The molecule has 1 unspecified atom stereocenters. The van der Waals surface area contributed by atoms with E-state index in [0.717, 1.165) is 42.2 Å². The SMILES string of the molecule is CCCNC(Cc1nccs1)c1cc(C)nnc1CC. The Morgan fingerprint density at radius 2 is 2.15 bits per heavy atom. The van der Waals surface area contributed by atoms with Gasteiger partial charge in [0.2, 0.25) is 0 Å². The molecular formula is C15H22N4S. The Morgan fingerprint density at radius 3 is 2.80 bits per heavy atom. The van der Waals surface area contributed by atoms with Gasteiger partial charge >= 0.3 is 0 Å². The van der Waals surface area contributed by atoms with Crippen LogP contribution in [0.3, 0.4) is 0 Å². The quantitative estimate of drug-likeness (QED) is 0.851. The van der Waals surface area contributed by atoms with Gasteiger partial charge in [-0.2, -0.15) is 10.2 Å². The Bertz CT molecular complexity index is 525. The zero-order valence-electron chi connectivity index (χ0n) is 12.4. The van der Waals surface area contributed by atoms with Gasteiger partial charge in [-0.15, -0.1) is 11.3 Å². The van der Waals surface area contributed by atoms with Crippen LogP contribution in [0.4, 0.5) is 0 Å². The van der Waals surface area contributed by atoms with Crippen LogP contribution in [0.2, 0.25) is 0 Å². The van der Waals surface area contributed by atoms with Crippen molar-refractivity contribution in [2.45, 2.75) is 46.1 Å². The first kappa shape index (κ1) is 15.1. The maximum absolute atomic E-state index is 4.41. The highest BCUT2D eigenvalue weighted by Gasteiger charge is 2.17. The molecule has 0 aliphatic heterocycles. The van der Waals surface area contributed by atoms with E-state index >= 15 is 0 Å². The van der Waals surface area contributed by atoms with Crippen LogP contribution in [0, 0.1) is 6.92 Å². The monoisotopic (exact) mass is 290 g/mol. The van der Waals surface area contributed by atoms with Crippen molar-refractivity contribution in [1.29, 1.82) is 0 Å². The molecular weight excluding hydrogens is 268 g/mol. The van der Waals surface area contributed by atoms with Crippen LogP contribution in [0.1, 0.15) is 48.3 Å². The van der Waals surface area contributed by atoms with E-state index in [0.29, 0.717) is 0 Å². The Morgan fingerprint density at radius 1 is 1.30 bits per heavy atom. The van der Waals surface area contributed by atoms with Crippen LogP contribution >= 0.6 is 11.3 Å². The number of rotatable bonds is 7. The number of nitrogens with zero attached hydrogens (tertiary/aromatic N) is 3. The average molecular weight is 290 g/mol. The minimum atomic E-state index is 0.269. The largest absolute Gasteiger partial charge is 0.310 e. The van der Waals surface area contributed by atoms with E-state index in [4.69, 9.17) is 0 Å². The fraction of sp³-hybridized carbons (Fsp3) is 0.533. The third-order valence-corrected chi connectivity index (χ3v) is 4.04. The molecule has 1 atom stereocenters.